The number of ether oxygens (including phenoxy) is 1. The summed E-state index contributed by atoms with van der Waals surface area (Å²) in [6.45, 7) is 4.53. The van der Waals surface area contributed by atoms with E-state index in [0.29, 0.717) is 13.3 Å². The Labute approximate surface area is 64.8 Å². The Balaban J connectivity index is 2.24. The van der Waals surface area contributed by atoms with E-state index in [1.807, 2.05) is 0 Å². The fraction of sp³-hybridized carbons (Fsp3) is 0.500. The molecule has 0 aliphatic carbocycles. The molecule has 0 aromatic heterocycles. The van der Waals surface area contributed by atoms with Gasteiger partial charge in [-0.15, -0.1) is 0 Å². The lowest BCUT2D eigenvalue weighted by molar-refractivity contribution is -0.147. The van der Waals surface area contributed by atoms with Crippen LogP contribution in [0.1, 0.15) is 0 Å². The van der Waals surface area contributed by atoms with Gasteiger partial charge in [-0.25, -0.2) is 4.79 Å². The minimum absolute atomic E-state index is 0.401. The van der Waals surface area contributed by atoms with E-state index in [-0.39, 0.29) is 0 Å². The van der Waals surface area contributed by atoms with Crippen molar-refractivity contribution < 1.29 is 9.53 Å². The van der Waals surface area contributed by atoms with Gasteiger partial charge in [-0.3, -0.25) is 16.0 Å². The smallest absolute Gasteiger partial charge is 0.332 e. The molecule has 3 N–H and O–H groups in total. The molecule has 0 aromatic carbocycles. The van der Waals surface area contributed by atoms with Crippen LogP contribution in [-0.2, 0) is 9.53 Å². The van der Waals surface area contributed by atoms with Crippen molar-refractivity contribution in [2.75, 3.05) is 13.3 Å². The van der Waals surface area contributed by atoms with E-state index in [1.54, 1.807) is 0 Å². The van der Waals surface area contributed by atoms with Gasteiger partial charge in [-0.1, -0.05) is 6.58 Å². The summed E-state index contributed by atoms with van der Waals surface area (Å²) in [4.78, 5) is 10.6. The average Bonchev–Trinajstić information content (AvgIpc) is 2.06. The van der Waals surface area contributed by atoms with Crippen LogP contribution in [0, 0.1) is 0 Å². The molecule has 0 bridgehead atoms. The first kappa shape index (κ1) is 8.19. The summed E-state index contributed by atoms with van der Waals surface area (Å²) in [7, 11) is 0. The second-order valence-corrected chi connectivity index (χ2v) is 2.03. The molecule has 0 radical (unpaired) electrons. The molecule has 0 saturated carbocycles. The van der Waals surface area contributed by atoms with Crippen LogP contribution < -0.4 is 16.0 Å². The SMILES string of the molecule is C=CC(=O)OC1NCNCN1. The highest BCUT2D eigenvalue weighted by Gasteiger charge is 2.12. The van der Waals surface area contributed by atoms with Gasteiger partial charge in [-0.2, -0.15) is 0 Å². The molecule has 11 heavy (non-hydrogen) atoms. The highest BCUT2D eigenvalue weighted by atomic mass is 16.6. The van der Waals surface area contributed by atoms with Gasteiger partial charge in [0.1, 0.15) is 0 Å². The van der Waals surface area contributed by atoms with Crippen LogP contribution in [0.5, 0.6) is 0 Å². The second-order valence-electron chi connectivity index (χ2n) is 2.03. The minimum Gasteiger partial charge on any atom is -0.430 e. The molecule has 0 atom stereocenters. The van der Waals surface area contributed by atoms with E-state index in [4.69, 9.17) is 4.74 Å². The third-order valence-electron chi connectivity index (χ3n) is 1.23. The summed E-state index contributed by atoms with van der Waals surface area (Å²) in [5.74, 6) is -0.433. The van der Waals surface area contributed by atoms with Gasteiger partial charge in [0.05, 0.1) is 13.3 Å². The van der Waals surface area contributed by atoms with E-state index in [0.717, 1.165) is 6.08 Å². The number of hydrogen-bond donors (Lipinski definition) is 3. The van der Waals surface area contributed by atoms with Crippen molar-refractivity contribution in [3.63, 3.8) is 0 Å². The van der Waals surface area contributed by atoms with Crippen molar-refractivity contribution in [3.8, 4) is 0 Å². The lowest BCUT2D eigenvalue weighted by Crippen LogP contribution is -2.57. The van der Waals surface area contributed by atoms with E-state index >= 15 is 0 Å². The van der Waals surface area contributed by atoms with E-state index in [1.165, 1.54) is 0 Å². The zero-order valence-electron chi connectivity index (χ0n) is 6.09. The Bertz CT molecular complexity index is 154. The Morgan fingerprint density at radius 3 is 2.73 bits per heavy atom. The van der Waals surface area contributed by atoms with Gasteiger partial charge in [0, 0.05) is 6.08 Å². The van der Waals surface area contributed by atoms with Crippen LogP contribution in [0.25, 0.3) is 0 Å². The van der Waals surface area contributed by atoms with Crippen molar-refractivity contribution in [2.45, 2.75) is 6.35 Å². The first-order valence-electron chi connectivity index (χ1n) is 3.33. The Morgan fingerprint density at radius 1 is 1.55 bits per heavy atom. The fourth-order valence-corrected chi connectivity index (χ4v) is 0.712. The maximum absolute atomic E-state index is 10.6. The van der Waals surface area contributed by atoms with Crippen LogP contribution >= 0.6 is 0 Å². The van der Waals surface area contributed by atoms with E-state index in [9.17, 15) is 4.79 Å². The number of nitrogens with one attached hydrogen (secondary N) is 3. The number of carbonyl (C=O) groups is 1. The molecule has 0 spiro atoms. The van der Waals surface area contributed by atoms with Crippen LogP contribution in [0.3, 0.4) is 0 Å². The summed E-state index contributed by atoms with van der Waals surface area (Å²) >= 11 is 0. The monoisotopic (exact) mass is 157 g/mol. The fourth-order valence-electron chi connectivity index (χ4n) is 0.712. The molecule has 0 unspecified atom stereocenters. The molecule has 1 rings (SSSR count). The van der Waals surface area contributed by atoms with Crippen molar-refractivity contribution >= 4 is 5.97 Å². The predicted molar refractivity (Wildman–Crippen MR) is 39.2 cm³/mol. The molecule has 1 aliphatic rings. The maximum Gasteiger partial charge on any atom is 0.332 e. The van der Waals surface area contributed by atoms with Gasteiger partial charge < -0.3 is 4.74 Å². The molecule has 1 saturated heterocycles. The second kappa shape index (κ2) is 4.07. The first-order valence-corrected chi connectivity index (χ1v) is 3.33. The van der Waals surface area contributed by atoms with Crippen LogP contribution in [0.4, 0.5) is 0 Å². The molecule has 1 heterocycles. The summed E-state index contributed by atoms with van der Waals surface area (Å²) in [5.41, 5.74) is 0. The summed E-state index contributed by atoms with van der Waals surface area (Å²) in [6.07, 6.45) is 0.729. The van der Waals surface area contributed by atoms with Gasteiger partial charge >= 0.3 is 5.97 Å². The lowest BCUT2D eigenvalue weighted by Gasteiger charge is -2.24. The third kappa shape index (κ3) is 2.67. The van der Waals surface area contributed by atoms with Gasteiger partial charge in [0.25, 0.3) is 0 Å². The Morgan fingerprint density at radius 2 is 2.18 bits per heavy atom. The summed E-state index contributed by atoms with van der Waals surface area (Å²) < 4.78 is 4.82. The minimum atomic E-state index is -0.433. The molecule has 5 nitrogen and oxygen atoms in total. The summed E-state index contributed by atoms with van der Waals surface area (Å²) in [6, 6.07) is 0. The van der Waals surface area contributed by atoms with Gasteiger partial charge in [-0.05, 0) is 0 Å². The van der Waals surface area contributed by atoms with Crippen molar-refractivity contribution in [1.82, 2.24) is 16.0 Å². The number of carbonyl (C=O) groups excluding carboxylic acids is 1. The topological polar surface area (TPSA) is 62.4 Å². The van der Waals surface area contributed by atoms with E-state index in [2.05, 4.69) is 22.5 Å². The number of hydrogen-bond acceptors (Lipinski definition) is 5. The molecule has 62 valence electrons. The predicted octanol–water partition coefficient (Wildman–Crippen LogP) is -1.30. The highest BCUT2D eigenvalue weighted by molar-refractivity contribution is 5.81. The highest BCUT2D eigenvalue weighted by Crippen LogP contribution is 1.86. The third-order valence-corrected chi connectivity index (χ3v) is 1.23. The van der Waals surface area contributed by atoms with Crippen LogP contribution in [0.2, 0.25) is 0 Å². The maximum atomic E-state index is 10.6. The van der Waals surface area contributed by atoms with Crippen molar-refractivity contribution in [1.29, 1.82) is 0 Å². The first-order chi connectivity index (χ1) is 5.33. The molecule has 5 heteroatoms. The molecular formula is C6H11N3O2. The van der Waals surface area contributed by atoms with Gasteiger partial charge in [0.2, 0.25) is 6.35 Å². The van der Waals surface area contributed by atoms with Crippen molar-refractivity contribution in [3.05, 3.63) is 12.7 Å². The Hall–Kier alpha value is -0.910. The molecular weight excluding hydrogens is 146 g/mol. The van der Waals surface area contributed by atoms with E-state index < -0.39 is 12.3 Å². The normalized spacial score (nSPS) is 19.3. The quantitative estimate of drug-likeness (QED) is 0.343. The largest absolute Gasteiger partial charge is 0.430 e. The van der Waals surface area contributed by atoms with Gasteiger partial charge in [0.15, 0.2) is 0 Å². The molecule has 1 fully saturated rings. The van der Waals surface area contributed by atoms with Crippen molar-refractivity contribution in [2.24, 2.45) is 0 Å². The zero-order chi connectivity index (χ0) is 8.10. The average molecular weight is 157 g/mol. The molecule has 0 aromatic rings. The van der Waals surface area contributed by atoms with Crippen LogP contribution in [-0.4, -0.2) is 25.7 Å². The zero-order valence-corrected chi connectivity index (χ0v) is 6.09. The van der Waals surface area contributed by atoms with Crippen LogP contribution in [0.15, 0.2) is 12.7 Å². The number of rotatable bonds is 2. The lowest BCUT2D eigenvalue weighted by atomic mass is 10.6. The number of esters is 1. The molecule has 1 aliphatic heterocycles. The molecule has 0 amide bonds. The standard InChI is InChI=1S/C6H11N3O2/c1-2-5(10)11-6-8-3-7-4-9-6/h2,6-9H,1,3-4H2. The Kier molecular flexibility index (Phi) is 3.03. The summed E-state index contributed by atoms with van der Waals surface area (Å²) in [5, 5.41) is 8.71.